The number of benzene rings is 2. The lowest BCUT2D eigenvalue weighted by molar-refractivity contribution is -0.120. The number of carbonyl (C=O) groups excluding carboxylic acids is 1. The molecule has 2 rings (SSSR count). The predicted octanol–water partition coefficient (Wildman–Crippen LogP) is 1.92. The molecule has 0 saturated heterocycles. The molecule has 10 heteroatoms. The zero-order valence-corrected chi connectivity index (χ0v) is 16.3. The number of nitrogens with one attached hydrogen (secondary N) is 3. The molecule has 0 aliphatic heterocycles. The zero-order chi connectivity index (χ0) is 20.0. The maximum absolute atomic E-state index is 13.6. The molecule has 0 spiro atoms. The third kappa shape index (κ3) is 5.90. The van der Waals surface area contributed by atoms with Gasteiger partial charge in [-0.3, -0.25) is 20.0 Å². The minimum atomic E-state index is -3.68. The van der Waals surface area contributed by atoms with Gasteiger partial charge in [0.05, 0.1) is 17.6 Å². The van der Waals surface area contributed by atoms with Crippen LogP contribution in [0.25, 0.3) is 0 Å². The van der Waals surface area contributed by atoms with Gasteiger partial charge in [-0.25, -0.2) is 12.8 Å². The molecule has 144 valence electrons. The number of hydrogen-bond acceptors (Lipinski definition) is 4. The number of rotatable bonds is 5. The van der Waals surface area contributed by atoms with Crippen molar-refractivity contribution in [2.75, 3.05) is 22.4 Å². The first-order chi connectivity index (χ1) is 12.7. The maximum Gasteiger partial charge on any atom is 0.259 e. The first-order valence-electron chi connectivity index (χ1n) is 7.82. The van der Waals surface area contributed by atoms with E-state index in [1.807, 2.05) is 0 Å². The normalized spacial score (nSPS) is 10.8. The first kappa shape index (κ1) is 20.6. The average molecular weight is 410 g/mol. The number of hydrogen-bond donors (Lipinski definition) is 3. The Morgan fingerprint density at radius 1 is 1.11 bits per heavy atom. The van der Waals surface area contributed by atoms with Crippen LogP contribution in [0.2, 0.25) is 0 Å². The number of nitrogens with zero attached hydrogens (tertiary/aromatic N) is 1. The van der Waals surface area contributed by atoms with Crippen LogP contribution < -0.4 is 20.5 Å². The lowest BCUT2D eigenvalue weighted by Crippen LogP contribution is -2.49. The van der Waals surface area contributed by atoms with E-state index in [0.717, 1.165) is 10.6 Å². The van der Waals surface area contributed by atoms with Crippen LogP contribution in [-0.4, -0.2) is 32.2 Å². The Labute approximate surface area is 162 Å². The molecule has 0 atom stereocenters. The third-order valence-electron chi connectivity index (χ3n) is 3.51. The summed E-state index contributed by atoms with van der Waals surface area (Å²) in [4.78, 5) is 12.2. The van der Waals surface area contributed by atoms with E-state index in [0.29, 0.717) is 11.3 Å². The minimum Gasteiger partial charge on any atom is -0.329 e. The summed E-state index contributed by atoms with van der Waals surface area (Å²) in [5, 5.41) is 2.54. The number of amides is 1. The molecule has 2 aromatic rings. The van der Waals surface area contributed by atoms with Crippen LogP contribution in [-0.2, 0) is 14.8 Å². The highest BCUT2D eigenvalue weighted by Gasteiger charge is 2.22. The van der Waals surface area contributed by atoms with Crippen molar-refractivity contribution >= 4 is 44.6 Å². The second-order valence-electron chi connectivity index (χ2n) is 5.66. The van der Waals surface area contributed by atoms with Gasteiger partial charge in [0.1, 0.15) is 12.4 Å². The fourth-order valence-corrected chi connectivity index (χ4v) is 3.31. The van der Waals surface area contributed by atoms with E-state index in [9.17, 15) is 17.6 Å². The van der Waals surface area contributed by atoms with Crippen molar-refractivity contribution in [2.24, 2.45) is 0 Å². The Morgan fingerprint density at radius 2 is 1.74 bits per heavy atom. The van der Waals surface area contributed by atoms with Gasteiger partial charge < -0.3 is 5.32 Å². The van der Waals surface area contributed by atoms with Crippen LogP contribution in [0.5, 0.6) is 0 Å². The molecular weight excluding hydrogens is 391 g/mol. The highest BCUT2D eigenvalue weighted by atomic mass is 32.2. The van der Waals surface area contributed by atoms with Gasteiger partial charge in [-0.1, -0.05) is 30.3 Å². The van der Waals surface area contributed by atoms with Crippen LogP contribution in [0.1, 0.15) is 5.56 Å². The molecule has 0 aliphatic carbocycles. The molecule has 3 N–H and O–H groups in total. The summed E-state index contributed by atoms with van der Waals surface area (Å²) in [7, 11) is -3.68. The highest BCUT2D eigenvalue weighted by Crippen LogP contribution is 2.21. The Kier molecular flexibility index (Phi) is 6.70. The van der Waals surface area contributed by atoms with E-state index >= 15 is 0 Å². The number of carbonyl (C=O) groups is 1. The van der Waals surface area contributed by atoms with Crippen LogP contribution >= 0.6 is 12.2 Å². The first-order valence-corrected chi connectivity index (χ1v) is 10.1. The lowest BCUT2D eigenvalue weighted by atomic mass is 10.2. The summed E-state index contributed by atoms with van der Waals surface area (Å²) >= 11 is 4.98. The van der Waals surface area contributed by atoms with Crippen molar-refractivity contribution in [3.8, 4) is 0 Å². The lowest BCUT2D eigenvalue weighted by Gasteiger charge is -2.23. The number of sulfonamides is 1. The van der Waals surface area contributed by atoms with Crippen molar-refractivity contribution in [1.82, 2.24) is 10.9 Å². The average Bonchev–Trinajstić information content (AvgIpc) is 2.60. The van der Waals surface area contributed by atoms with E-state index in [1.165, 1.54) is 18.2 Å². The minimum absolute atomic E-state index is 0.0461. The fourth-order valence-electron chi connectivity index (χ4n) is 2.24. The van der Waals surface area contributed by atoms with Crippen molar-refractivity contribution in [3.63, 3.8) is 0 Å². The Balaban J connectivity index is 1.99. The molecule has 0 heterocycles. The molecule has 1 amide bonds. The molecule has 0 fully saturated rings. The molecule has 0 saturated carbocycles. The van der Waals surface area contributed by atoms with E-state index in [-0.39, 0.29) is 10.8 Å². The van der Waals surface area contributed by atoms with Crippen molar-refractivity contribution in [2.45, 2.75) is 6.92 Å². The van der Waals surface area contributed by atoms with Gasteiger partial charge in [0, 0.05) is 0 Å². The third-order valence-corrected chi connectivity index (χ3v) is 4.84. The molecule has 27 heavy (non-hydrogen) atoms. The molecule has 0 bridgehead atoms. The zero-order valence-electron chi connectivity index (χ0n) is 14.7. The topological polar surface area (TPSA) is 90.5 Å². The SMILES string of the molecule is Cc1ccccc1N(CC(=O)NNC(=S)Nc1ccccc1F)S(C)(=O)=O. The number of halogens is 1. The van der Waals surface area contributed by atoms with Crippen LogP contribution in [0.3, 0.4) is 0 Å². The second kappa shape index (κ2) is 8.78. The number of aryl methyl sites for hydroxylation is 1. The highest BCUT2D eigenvalue weighted by molar-refractivity contribution is 7.92. The van der Waals surface area contributed by atoms with E-state index in [2.05, 4.69) is 16.2 Å². The molecule has 0 aliphatic rings. The molecule has 0 radical (unpaired) electrons. The van der Waals surface area contributed by atoms with E-state index in [1.54, 1.807) is 37.3 Å². The largest absolute Gasteiger partial charge is 0.329 e. The number of anilines is 2. The van der Waals surface area contributed by atoms with Gasteiger partial charge in [0.15, 0.2) is 5.11 Å². The van der Waals surface area contributed by atoms with E-state index < -0.39 is 28.3 Å². The van der Waals surface area contributed by atoms with Crippen LogP contribution in [0.15, 0.2) is 48.5 Å². The molecule has 0 aromatic heterocycles. The summed E-state index contributed by atoms with van der Waals surface area (Å²) in [6.07, 6.45) is 1.02. The molecule has 2 aromatic carbocycles. The Morgan fingerprint density at radius 3 is 2.37 bits per heavy atom. The Hall–Kier alpha value is -2.72. The van der Waals surface area contributed by atoms with Crippen molar-refractivity contribution in [1.29, 1.82) is 0 Å². The van der Waals surface area contributed by atoms with Gasteiger partial charge in [-0.2, -0.15) is 0 Å². The second-order valence-corrected chi connectivity index (χ2v) is 7.98. The molecule has 7 nitrogen and oxygen atoms in total. The monoisotopic (exact) mass is 410 g/mol. The fraction of sp³-hybridized carbons (Fsp3) is 0.176. The number of hydrazine groups is 1. The van der Waals surface area contributed by atoms with Crippen LogP contribution in [0.4, 0.5) is 15.8 Å². The predicted molar refractivity (Wildman–Crippen MR) is 107 cm³/mol. The van der Waals surface area contributed by atoms with Gasteiger partial charge in [-0.15, -0.1) is 0 Å². The standard InChI is InChI=1S/C17H19FN4O3S2/c1-12-7-3-6-10-15(12)22(27(2,24)25)11-16(23)20-21-17(26)19-14-9-5-4-8-13(14)18/h3-10H,11H2,1-2H3,(H,20,23)(H2,19,21,26). The van der Waals surface area contributed by atoms with Gasteiger partial charge in [0.25, 0.3) is 5.91 Å². The molecular formula is C17H19FN4O3S2. The summed E-state index contributed by atoms with van der Waals surface area (Å²) in [6, 6.07) is 12.7. The van der Waals surface area contributed by atoms with Gasteiger partial charge >= 0.3 is 0 Å². The van der Waals surface area contributed by atoms with Crippen molar-refractivity contribution in [3.05, 3.63) is 59.9 Å². The van der Waals surface area contributed by atoms with Crippen molar-refractivity contribution < 1.29 is 17.6 Å². The van der Waals surface area contributed by atoms with E-state index in [4.69, 9.17) is 12.2 Å². The van der Waals surface area contributed by atoms with Gasteiger partial charge in [0.2, 0.25) is 10.0 Å². The number of thiocarbonyl (C=S) groups is 1. The maximum atomic E-state index is 13.6. The van der Waals surface area contributed by atoms with Gasteiger partial charge in [-0.05, 0) is 42.9 Å². The summed E-state index contributed by atoms with van der Waals surface area (Å²) in [5.41, 5.74) is 5.96. The smallest absolute Gasteiger partial charge is 0.259 e. The summed E-state index contributed by atoms with van der Waals surface area (Å²) < 4.78 is 38.7. The number of para-hydroxylation sites is 2. The molecule has 0 unspecified atom stereocenters. The summed E-state index contributed by atoms with van der Waals surface area (Å²) in [6.45, 7) is 1.30. The Bertz CT molecular complexity index is 951. The quantitative estimate of drug-likeness (QED) is 0.515. The summed E-state index contributed by atoms with van der Waals surface area (Å²) in [5.74, 6) is -1.14. The van der Waals surface area contributed by atoms with Crippen LogP contribution in [0, 0.1) is 12.7 Å².